The van der Waals surface area contributed by atoms with Gasteiger partial charge in [0.05, 0.1) is 16.7 Å². The summed E-state index contributed by atoms with van der Waals surface area (Å²) >= 11 is 1.13. The van der Waals surface area contributed by atoms with Gasteiger partial charge < -0.3 is 4.74 Å². The van der Waals surface area contributed by atoms with Crippen LogP contribution in [-0.2, 0) is 0 Å². The minimum atomic E-state index is -1.19. The molecule has 3 aromatic rings. The molecule has 1 saturated heterocycles. The molecule has 4 heterocycles. The van der Waals surface area contributed by atoms with Gasteiger partial charge in [0.15, 0.2) is 0 Å². The van der Waals surface area contributed by atoms with Crippen molar-refractivity contribution in [2.24, 2.45) is 5.10 Å². The number of carbonyl (C=O) groups is 1. The predicted octanol–water partition coefficient (Wildman–Crippen LogP) is 4.78. The molecule has 7 heteroatoms. The zero-order valence-electron chi connectivity index (χ0n) is 16.4. The monoisotopic (exact) mass is 426 g/mol. The third kappa shape index (κ3) is 2.92. The summed E-state index contributed by atoms with van der Waals surface area (Å²) in [6.07, 6.45) is 6.16. The van der Waals surface area contributed by atoms with Crippen molar-refractivity contribution in [3.05, 3.63) is 101 Å². The van der Waals surface area contributed by atoms with E-state index in [0.717, 1.165) is 51.2 Å². The Morgan fingerprint density at radius 3 is 2.77 bits per heavy atom. The number of para-hydroxylation sites is 1. The molecule has 0 aliphatic carbocycles. The number of nitrogens with zero attached hydrogens (tertiary/aromatic N) is 3. The maximum absolute atomic E-state index is 12.6. The van der Waals surface area contributed by atoms with Crippen molar-refractivity contribution in [2.75, 3.05) is 0 Å². The van der Waals surface area contributed by atoms with E-state index in [1.54, 1.807) is 12.4 Å². The first-order valence-corrected chi connectivity index (χ1v) is 10.9. The zero-order chi connectivity index (χ0) is 20.8. The van der Waals surface area contributed by atoms with Gasteiger partial charge in [-0.3, -0.25) is 15.1 Å². The number of amides is 1. The molecular weight excluding hydrogens is 408 g/mol. The predicted molar refractivity (Wildman–Crippen MR) is 120 cm³/mol. The highest BCUT2D eigenvalue weighted by atomic mass is 32.2. The van der Waals surface area contributed by atoms with Crippen molar-refractivity contribution in [1.29, 1.82) is 0 Å². The number of hydrogen-bond donors (Lipinski definition) is 1. The van der Waals surface area contributed by atoms with Crippen LogP contribution in [0.2, 0.25) is 0 Å². The van der Waals surface area contributed by atoms with Gasteiger partial charge in [0.1, 0.15) is 5.75 Å². The second kappa shape index (κ2) is 6.99. The largest absolute Gasteiger partial charge is 0.444 e. The lowest BCUT2D eigenvalue weighted by atomic mass is 9.96. The normalized spacial score (nSPS) is 25.1. The van der Waals surface area contributed by atoms with E-state index in [2.05, 4.69) is 28.5 Å². The first-order chi connectivity index (χ1) is 15.2. The molecule has 31 heavy (non-hydrogen) atoms. The lowest BCUT2D eigenvalue weighted by Crippen LogP contribution is -2.61. The molecule has 1 aromatic heterocycles. The fourth-order valence-electron chi connectivity index (χ4n) is 4.28. The molecule has 3 aliphatic rings. The average molecular weight is 427 g/mol. The Balaban J connectivity index is 1.52. The number of thioether (sulfide) groups is 1. The molecule has 1 fully saturated rings. The number of ether oxygens (including phenoxy) is 1. The van der Waals surface area contributed by atoms with E-state index < -0.39 is 5.85 Å². The molecule has 1 spiro atoms. The van der Waals surface area contributed by atoms with Crippen molar-refractivity contribution in [3.8, 4) is 5.75 Å². The van der Waals surface area contributed by atoms with E-state index in [1.165, 1.54) is 0 Å². The van der Waals surface area contributed by atoms with E-state index in [9.17, 15) is 4.79 Å². The van der Waals surface area contributed by atoms with Gasteiger partial charge in [-0.25, -0.2) is 5.01 Å². The van der Waals surface area contributed by atoms with Crippen molar-refractivity contribution >= 4 is 28.8 Å². The Morgan fingerprint density at radius 2 is 1.94 bits per heavy atom. The SMILES string of the molecule is O=C1N[C@]2(Oc3ccccc3[C@@H]3CC(c4ccccc4)=NN32)/C(=C/c2cccnc2)S1. The zero-order valence-corrected chi connectivity index (χ0v) is 17.3. The van der Waals surface area contributed by atoms with Gasteiger partial charge in [-0.05, 0) is 41.1 Å². The number of hydrazone groups is 1. The van der Waals surface area contributed by atoms with E-state index in [4.69, 9.17) is 9.84 Å². The highest BCUT2D eigenvalue weighted by molar-refractivity contribution is 8.17. The van der Waals surface area contributed by atoms with E-state index >= 15 is 0 Å². The highest BCUT2D eigenvalue weighted by Gasteiger charge is 2.58. The third-order valence-electron chi connectivity index (χ3n) is 5.67. The van der Waals surface area contributed by atoms with Crippen LogP contribution in [-0.4, -0.2) is 26.8 Å². The quantitative estimate of drug-likeness (QED) is 0.639. The minimum Gasteiger partial charge on any atom is -0.444 e. The van der Waals surface area contributed by atoms with Crippen LogP contribution in [0.5, 0.6) is 5.75 Å². The minimum absolute atomic E-state index is 0.0449. The summed E-state index contributed by atoms with van der Waals surface area (Å²) in [5.41, 5.74) is 4.00. The molecular formula is C24H18N4O2S. The maximum atomic E-state index is 12.6. The highest BCUT2D eigenvalue weighted by Crippen LogP contribution is 2.52. The first kappa shape index (κ1) is 18.2. The number of hydrogen-bond acceptors (Lipinski definition) is 6. The van der Waals surface area contributed by atoms with Gasteiger partial charge >= 0.3 is 5.85 Å². The van der Waals surface area contributed by atoms with E-state index in [1.807, 2.05) is 59.6 Å². The van der Waals surface area contributed by atoms with Crippen LogP contribution in [0.3, 0.4) is 0 Å². The Morgan fingerprint density at radius 1 is 1.10 bits per heavy atom. The van der Waals surface area contributed by atoms with Crippen molar-refractivity contribution in [3.63, 3.8) is 0 Å². The number of fused-ring (bicyclic) bond motifs is 4. The van der Waals surface area contributed by atoms with Crippen molar-refractivity contribution < 1.29 is 9.53 Å². The van der Waals surface area contributed by atoms with Crippen LogP contribution in [0.4, 0.5) is 4.79 Å². The first-order valence-electron chi connectivity index (χ1n) is 10.1. The molecule has 3 aliphatic heterocycles. The van der Waals surface area contributed by atoms with Gasteiger partial charge in [0.25, 0.3) is 5.24 Å². The molecule has 0 radical (unpaired) electrons. The number of nitrogens with one attached hydrogen (secondary N) is 1. The summed E-state index contributed by atoms with van der Waals surface area (Å²) in [6, 6.07) is 21.9. The van der Waals surface area contributed by atoms with Crippen molar-refractivity contribution in [2.45, 2.75) is 18.3 Å². The van der Waals surface area contributed by atoms with Crippen LogP contribution in [0.25, 0.3) is 6.08 Å². The number of benzene rings is 2. The lowest BCUT2D eigenvalue weighted by molar-refractivity contribution is -0.0949. The molecule has 2 atom stereocenters. The van der Waals surface area contributed by atoms with Crippen LogP contribution >= 0.6 is 11.8 Å². The summed E-state index contributed by atoms with van der Waals surface area (Å²) < 4.78 is 6.51. The molecule has 0 bridgehead atoms. The summed E-state index contributed by atoms with van der Waals surface area (Å²) in [7, 11) is 0. The molecule has 0 saturated carbocycles. The Kier molecular flexibility index (Phi) is 4.11. The smallest absolute Gasteiger partial charge is 0.314 e. The number of carbonyl (C=O) groups excluding carboxylic acids is 1. The number of aromatic nitrogens is 1. The topological polar surface area (TPSA) is 66.8 Å². The average Bonchev–Trinajstić information content (AvgIpc) is 3.38. The number of pyridine rings is 1. The Labute approximate surface area is 183 Å². The lowest BCUT2D eigenvalue weighted by Gasteiger charge is -2.45. The molecule has 152 valence electrons. The number of rotatable bonds is 2. The summed E-state index contributed by atoms with van der Waals surface area (Å²) in [5, 5.41) is 9.78. The second-order valence-corrected chi connectivity index (χ2v) is 8.59. The second-order valence-electron chi connectivity index (χ2n) is 7.57. The summed E-state index contributed by atoms with van der Waals surface area (Å²) in [6.45, 7) is 0. The summed E-state index contributed by atoms with van der Waals surface area (Å²) in [4.78, 5) is 17.5. The van der Waals surface area contributed by atoms with Gasteiger partial charge in [0, 0.05) is 24.4 Å². The molecule has 1 N–H and O–H groups in total. The third-order valence-corrected chi connectivity index (χ3v) is 6.57. The Bertz CT molecular complexity index is 1230. The van der Waals surface area contributed by atoms with Crippen LogP contribution < -0.4 is 10.1 Å². The van der Waals surface area contributed by atoms with E-state index in [-0.39, 0.29) is 11.3 Å². The van der Waals surface area contributed by atoms with Gasteiger partial charge in [-0.2, -0.15) is 5.10 Å². The summed E-state index contributed by atoms with van der Waals surface area (Å²) in [5.74, 6) is -0.430. The van der Waals surface area contributed by atoms with Gasteiger partial charge in [-0.15, -0.1) is 0 Å². The van der Waals surface area contributed by atoms with E-state index in [0.29, 0.717) is 0 Å². The Hall–Kier alpha value is -3.58. The maximum Gasteiger partial charge on any atom is 0.314 e. The van der Waals surface area contributed by atoms with Crippen LogP contribution in [0.1, 0.15) is 29.2 Å². The molecule has 0 unspecified atom stereocenters. The molecule has 6 rings (SSSR count). The molecule has 6 nitrogen and oxygen atoms in total. The van der Waals surface area contributed by atoms with Gasteiger partial charge in [0.2, 0.25) is 0 Å². The standard InChI is InChI=1S/C24H18N4O2S/c29-23-26-24(22(31-23)13-16-7-6-12-25-15-16)28-20(18-10-4-5-11-21(18)30-24)14-19(27-28)17-8-2-1-3-9-17/h1-13,15,20H,14H2,(H,26,29)/b22-13-/t20-,24+/m0/s1. The fraction of sp³-hybridized carbons (Fsp3) is 0.125. The molecule has 2 aromatic carbocycles. The van der Waals surface area contributed by atoms with Crippen molar-refractivity contribution in [1.82, 2.24) is 15.3 Å². The van der Waals surface area contributed by atoms with Gasteiger partial charge in [-0.1, -0.05) is 54.6 Å². The van der Waals surface area contributed by atoms with Crippen LogP contribution in [0.15, 0.2) is 89.1 Å². The van der Waals surface area contributed by atoms with Crippen LogP contribution in [0, 0.1) is 0 Å². The fourth-order valence-corrected chi connectivity index (χ4v) is 5.19. The molecule has 1 amide bonds.